The zero-order valence-electron chi connectivity index (χ0n) is 15.5. The van der Waals surface area contributed by atoms with Gasteiger partial charge in [-0.25, -0.2) is 0 Å². The zero-order chi connectivity index (χ0) is 20.5. The van der Waals surface area contributed by atoms with Crippen molar-refractivity contribution in [2.24, 2.45) is 0 Å². The molecular weight excluding hydrogens is 394 g/mol. The van der Waals surface area contributed by atoms with Crippen LogP contribution in [0.5, 0.6) is 0 Å². The Hall–Kier alpha value is -1.91. The van der Waals surface area contributed by atoms with E-state index in [1.807, 2.05) is 54.7 Å². The summed E-state index contributed by atoms with van der Waals surface area (Å²) in [5, 5.41) is 50.4. The molecule has 5 N–H and O–H groups in total. The van der Waals surface area contributed by atoms with Crippen LogP contribution in [0.4, 0.5) is 0 Å². The van der Waals surface area contributed by atoms with Gasteiger partial charge in [0, 0.05) is 21.4 Å². The normalized spacial score (nSPS) is 27.4. The summed E-state index contributed by atoms with van der Waals surface area (Å²) in [5.74, 6) is 0. The molecule has 7 nitrogen and oxygen atoms in total. The summed E-state index contributed by atoms with van der Waals surface area (Å²) < 4.78 is 7.46. The topological polar surface area (TPSA) is 115 Å². The third-order valence-corrected chi connectivity index (χ3v) is 6.23. The minimum atomic E-state index is -1.44. The highest BCUT2D eigenvalue weighted by Crippen LogP contribution is 2.39. The molecule has 5 atom stereocenters. The Morgan fingerprint density at radius 2 is 1.62 bits per heavy atom. The number of nitrogens with zero attached hydrogens (tertiary/aromatic N) is 1. The van der Waals surface area contributed by atoms with Gasteiger partial charge < -0.3 is 34.8 Å². The van der Waals surface area contributed by atoms with Gasteiger partial charge in [-0.2, -0.15) is 0 Å². The van der Waals surface area contributed by atoms with E-state index in [-0.39, 0.29) is 6.61 Å². The molecule has 0 saturated carbocycles. The maximum Gasteiger partial charge on any atom is 0.163 e. The lowest BCUT2D eigenvalue weighted by Gasteiger charge is -2.40. The van der Waals surface area contributed by atoms with Crippen LogP contribution < -0.4 is 0 Å². The van der Waals surface area contributed by atoms with Crippen LogP contribution in [0.15, 0.2) is 64.5 Å². The molecule has 0 radical (unpaired) electrons. The summed E-state index contributed by atoms with van der Waals surface area (Å²) in [4.78, 5) is 1.91. The average molecular weight is 417 g/mol. The summed E-state index contributed by atoms with van der Waals surface area (Å²) >= 11 is 1.53. The molecule has 3 aromatic rings. The molecule has 2 heterocycles. The third kappa shape index (κ3) is 3.80. The molecule has 1 saturated heterocycles. The molecule has 1 aromatic heterocycles. The maximum atomic E-state index is 10.5. The maximum absolute atomic E-state index is 10.5. The molecule has 4 rings (SSSR count). The van der Waals surface area contributed by atoms with Crippen molar-refractivity contribution >= 4 is 22.7 Å². The smallest absolute Gasteiger partial charge is 0.163 e. The van der Waals surface area contributed by atoms with Gasteiger partial charge in [-0.1, -0.05) is 42.1 Å². The van der Waals surface area contributed by atoms with Crippen molar-refractivity contribution < 1.29 is 30.3 Å². The summed E-state index contributed by atoms with van der Waals surface area (Å²) in [6.45, 7) is -0.485. The highest BCUT2D eigenvalue weighted by atomic mass is 32.2. The van der Waals surface area contributed by atoms with Gasteiger partial charge in [-0.15, -0.1) is 0 Å². The van der Waals surface area contributed by atoms with E-state index in [2.05, 4.69) is 0 Å². The van der Waals surface area contributed by atoms with Crippen molar-refractivity contribution in [3.63, 3.8) is 0 Å². The first kappa shape index (κ1) is 20.4. The second-order valence-electron chi connectivity index (χ2n) is 7.04. The number of benzene rings is 2. The largest absolute Gasteiger partial charge is 0.394 e. The van der Waals surface area contributed by atoms with Gasteiger partial charge in [0.25, 0.3) is 0 Å². The summed E-state index contributed by atoms with van der Waals surface area (Å²) in [6.07, 6.45) is -4.28. The van der Waals surface area contributed by atoms with Crippen LogP contribution in [0.3, 0.4) is 0 Å². The molecule has 0 aliphatic carbocycles. The minimum absolute atomic E-state index is 0.0125. The van der Waals surface area contributed by atoms with E-state index in [9.17, 15) is 25.5 Å². The average Bonchev–Trinajstić information content (AvgIpc) is 3.11. The Kier molecular flexibility index (Phi) is 5.93. The number of aliphatic hydroxyl groups is 5. The van der Waals surface area contributed by atoms with Crippen molar-refractivity contribution in [2.45, 2.75) is 47.0 Å². The van der Waals surface area contributed by atoms with Gasteiger partial charge in [0.15, 0.2) is 6.23 Å². The number of para-hydroxylation sites is 1. The third-order valence-electron chi connectivity index (χ3n) is 5.18. The predicted molar refractivity (Wildman–Crippen MR) is 107 cm³/mol. The van der Waals surface area contributed by atoms with Gasteiger partial charge >= 0.3 is 0 Å². The number of aromatic nitrogens is 1. The number of ether oxygens (including phenoxy) is 1. The molecule has 0 bridgehead atoms. The first-order valence-electron chi connectivity index (χ1n) is 9.31. The summed E-state index contributed by atoms with van der Waals surface area (Å²) in [6, 6.07) is 15.2. The van der Waals surface area contributed by atoms with Crippen LogP contribution >= 0.6 is 11.8 Å². The number of hydrogen-bond donors (Lipinski definition) is 5. The van der Waals surface area contributed by atoms with E-state index in [4.69, 9.17) is 4.74 Å². The Morgan fingerprint density at radius 1 is 0.897 bits per heavy atom. The van der Waals surface area contributed by atoms with Gasteiger partial charge in [0.2, 0.25) is 0 Å². The highest BCUT2D eigenvalue weighted by Gasteiger charge is 2.44. The SMILES string of the molecule is OCc1ccc(Sc2cn([C@@H]3O[C@H](CO)[C@@H](O)[C@H](O)[C@H]3O)c3ccccc23)cc1. The minimum Gasteiger partial charge on any atom is -0.394 e. The fourth-order valence-electron chi connectivity index (χ4n) is 3.57. The molecule has 1 fully saturated rings. The lowest BCUT2D eigenvalue weighted by molar-refractivity contribution is -0.250. The molecule has 2 aromatic carbocycles. The number of rotatable bonds is 5. The van der Waals surface area contributed by atoms with E-state index in [0.29, 0.717) is 0 Å². The molecule has 0 spiro atoms. The molecule has 0 unspecified atom stereocenters. The van der Waals surface area contributed by atoms with Gasteiger partial charge in [-0.05, 0) is 23.8 Å². The Labute approximate surface area is 171 Å². The lowest BCUT2D eigenvalue weighted by atomic mass is 9.98. The fourth-order valence-corrected chi connectivity index (χ4v) is 4.54. The molecule has 29 heavy (non-hydrogen) atoms. The van der Waals surface area contributed by atoms with Crippen LogP contribution in [0.25, 0.3) is 10.9 Å². The summed E-state index contributed by atoms with van der Waals surface area (Å²) in [7, 11) is 0. The van der Waals surface area contributed by atoms with Crippen molar-refractivity contribution in [3.8, 4) is 0 Å². The highest BCUT2D eigenvalue weighted by molar-refractivity contribution is 7.99. The second-order valence-corrected chi connectivity index (χ2v) is 8.16. The second kappa shape index (κ2) is 8.45. The van der Waals surface area contributed by atoms with Crippen LogP contribution in [-0.4, -0.2) is 61.1 Å². The molecule has 8 heteroatoms. The van der Waals surface area contributed by atoms with Gasteiger partial charge in [-0.3, -0.25) is 0 Å². The van der Waals surface area contributed by atoms with Crippen LogP contribution in [0, 0.1) is 0 Å². The molecular formula is C21H23NO6S. The van der Waals surface area contributed by atoms with Gasteiger partial charge in [0.1, 0.15) is 24.4 Å². The Morgan fingerprint density at radius 3 is 2.31 bits per heavy atom. The summed E-state index contributed by atoms with van der Waals surface area (Å²) in [5.41, 5.74) is 1.63. The van der Waals surface area contributed by atoms with E-state index in [0.717, 1.165) is 26.3 Å². The van der Waals surface area contributed by atoms with E-state index >= 15 is 0 Å². The molecule has 0 amide bonds. The number of fused-ring (bicyclic) bond motifs is 1. The molecule has 154 valence electrons. The van der Waals surface area contributed by atoms with Crippen LogP contribution in [0.2, 0.25) is 0 Å². The van der Waals surface area contributed by atoms with E-state index in [1.165, 1.54) is 11.8 Å². The zero-order valence-corrected chi connectivity index (χ0v) is 16.3. The number of hydrogen-bond acceptors (Lipinski definition) is 7. The molecule has 1 aliphatic heterocycles. The van der Waals surface area contributed by atoms with Crippen molar-refractivity contribution in [3.05, 3.63) is 60.3 Å². The van der Waals surface area contributed by atoms with Gasteiger partial charge in [0.05, 0.1) is 18.7 Å². The monoisotopic (exact) mass is 417 g/mol. The van der Waals surface area contributed by atoms with E-state index in [1.54, 1.807) is 4.57 Å². The Balaban J connectivity index is 1.72. The standard InChI is InChI=1S/C21H23NO6S/c23-10-12-5-7-13(8-6-12)29-17-9-22(15-4-2-1-3-14(15)17)21-20(27)19(26)18(25)16(11-24)28-21/h1-9,16,18-21,23-27H,10-11H2/t16-,18-,19+,20-,21-/m1/s1. The predicted octanol–water partition coefficient (Wildman–Crippen LogP) is 1.26. The first-order chi connectivity index (χ1) is 14.0. The van der Waals surface area contributed by atoms with Crippen LogP contribution in [-0.2, 0) is 11.3 Å². The first-order valence-corrected chi connectivity index (χ1v) is 10.1. The van der Waals surface area contributed by atoms with Crippen LogP contribution in [0.1, 0.15) is 11.8 Å². The quantitative estimate of drug-likeness (QED) is 0.424. The Bertz CT molecular complexity index is 973. The van der Waals surface area contributed by atoms with Crippen molar-refractivity contribution in [1.29, 1.82) is 0 Å². The van der Waals surface area contributed by atoms with Crippen molar-refractivity contribution in [1.82, 2.24) is 4.57 Å². The van der Waals surface area contributed by atoms with E-state index < -0.39 is 37.3 Å². The lowest BCUT2D eigenvalue weighted by Crippen LogP contribution is -2.56. The fraction of sp³-hybridized carbons (Fsp3) is 0.333. The number of aliphatic hydroxyl groups excluding tert-OH is 5. The molecule has 1 aliphatic rings. The van der Waals surface area contributed by atoms with Crippen molar-refractivity contribution in [2.75, 3.05) is 6.61 Å².